The van der Waals surface area contributed by atoms with E-state index in [4.69, 9.17) is 11.6 Å². The molecular weight excluding hydrogens is 405 g/mol. The molecule has 2 N–H and O–H groups in total. The zero-order chi connectivity index (χ0) is 20.1. The predicted molar refractivity (Wildman–Crippen MR) is 104 cm³/mol. The summed E-state index contributed by atoms with van der Waals surface area (Å²) in [6.07, 6.45) is 3.20. The molecule has 3 aromatic rings. The average Bonchev–Trinajstić information content (AvgIpc) is 2.69. The highest BCUT2D eigenvalue weighted by Gasteiger charge is 2.19. The zero-order valence-corrected chi connectivity index (χ0v) is 16.0. The zero-order valence-electron chi connectivity index (χ0n) is 14.4. The van der Waals surface area contributed by atoms with Gasteiger partial charge in [0.2, 0.25) is 0 Å². The van der Waals surface area contributed by atoms with Gasteiger partial charge in [-0.2, -0.15) is 0 Å². The number of halogens is 2. The molecule has 0 saturated heterocycles. The smallest absolute Gasteiger partial charge is 0.261 e. The lowest BCUT2D eigenvalue weighted by Gasteiger charge is -2.11. The first-order valence-corrected chi connectivity index (χ1v) is 9.96. The fourth-order valence-electron chi connectivity index (χ4n) is 2.36. The molecule has 9 heteroatoms. The summed E-state index contributed by atoms with van der Waals surface area (Å²) in [6, 6.07) is 12.2. The van der Waals surface area contributed by atoms with Gasteiger partial charge in [-0.25, -0.2) is 12.8 Å². The van der Waals surface area contributed by atoms with E-state index in [1.54, 1.807) is 24.5 Å². The van der Waals surface area contributed by atoms with Gasteiger partial charge in [-0.3, -0.25) is 14.5 Å². The van der Waals surface area contributed by atoms with Crippen molar-refractivity contribution in [2.45, 2.75) is 11.4 Å². The number of carbonyl (C=O) groups is 1. The van der Waals surface area contributed by atoms with Gasteiger partial charge in [0.25, 0.3) is 15.9 Å². The van der Waals surface area contributed by atoms with Gasteiger partial charge in [-0.05, 0) is 60.2 Å². The van der Waals surface area contributed by atoms with Gasteiger partial charge in [-0.15, -0.1) is 0 Å². The van der Waals surface area contributed by atoms with Gasteiger partial charge >= 0.3 is 0 Å². The van der Waals surface area contributed by atoms with Crippen LogP contribution in [0.1, 0.15) is 15.9 Å². The number of amides is 1. The van der Waals surface area contributed by atoms with E-state index in [9.17, 15) is 17.6 Å². The number of benzene rings is 2. The lowest BCUT2D eigenvalue weighted by atomic mass is 10.2. The molecule has 0 spiro atoms. The minimum atomic E-state index is -3.99. The Bertz CT molecular complexity index is 1090. The number of carbonyl (C=O) groups excluding carboxylic acids is 1. The van der Waals surface area contributed by atoms with Crippen LogP contribution in [0.3, 0.4) is 0 Å². The van der Waals surface area contributed by atoms with Crippen molar-refractivity contribution in [3.8, 4) is 0 Å². The third kappa shape index (κ3) is 4.85. The molecule has 1 amide bonds. The Kier molecular flexibility index (Phi) is 5.91. The first kappa shape index (κ1) is 19.8. The van der Waals surface area contributed by atoms with Crippen molar-refractivity contribution in [1.82, 2.24) is 10.3 Å². The minimum absolute atomic E-state index is 0.0257. The maximum Gasteiger partial charge on any atom is 0.261 e. The topological polar surface area (TPSA) is 88.2 Å². The molecule has 0 bridgehead atoms. The quantitative estimate of drug-likeness (QED) is 0.639. The Morgan fingerprint density at radius 1 is 1.04 bits per heavy atom. The van der Waals surface area contributed by atoms with E-state index in [0.29, 0.717) is 0 Å². The monoisotopic (exact) mass is 419 g/mol. The fraction of sp³-hybridized carbons (Fsp3) is 0.0526. The largest absolute Gasteiger partial charge is 0.348 e. The Balaban J connectivity index is 1.79. The van der Waals surface area contributed by atoms with Crippen molar-refractivity contribution in [1.29, 1.82) is 0 Å². The van der Waals surface area contributed by atoms with Gasteiger partial charge in [0.05, 0.1) is 15.5 Å². The number of hydrogen-bond acceptors (Lipinski definition) is 4. The van der Waals surface area contributed by atoms with Crippen LogP contribution in [0.2, 0.25) is 5.02 Å². The summed E-state index contributed by atoms with van der Waals surface area (Å²) in [6.45, 7) is 0.239. The predicted octanol–water partition coefficient (Wildman–Crippen LogP) is 3.60. The summed E-state index contributed by atoms with van der Waals surface area (Å²) >= 11 is 6.07. The summed E-state index contributed by atoms with van der Waals surface area (Å²) in [5, 5.41) is 2.80. The third-order valence-electron chi connectivity index (χ3n) is 3.79. The molecule has 2 aromatic carbocycles. The molecule has 6 nitrogen and oxygen atoms in total. The normalized spacial score (nSPS) is 11.1. The molecule has 144 valence electrons. The molecular formula is C19H15ClFN3O3S. The maximum absolute atomic E-state index is 13.0. The fourth-order valence-corrected chi connectivity index (χ4v) is 3.64. The molecule has 0 fully saturated rings. The number of anilines is 1. The molecule has 0 atom stereocenters. The van der Waals surface area contributed by atoms with Gasteiger partial charge in [0, 0.05) is 24.6 Å². The van der Waals surface area contributed by atoms with E-state index in [1.807, 2.05) is 0 Å². The van der Waals surface area contributed by atoms with E-state index in [-0.39, 0.29) is 27.7 Å². The van der Waals surface area contributed by atoms with Crippen LogP contribution in [-0.4, -0.2) is 19.3 Å². The van der Waals surface area contributed by atoms with Gasteiger partial charge in [-0.1, -0.05) is 11.6 Å². The second-order valence-electron chi connectivity index (χ2n) is 5.79. The molecule has 0 radical (unpaired) electrons. The highest BCUT2D eigenvalue weighted by atomic mass is 35.5. The van der Waals surface area contributed by atoms with E-state index in [2.05, 4.69) is 15.0 Å². The SMILES string of the molecule is O=C(NCc1ccncc1)c1cc(S(=O)(=O)Nc2ccc(F)cc2)ccc1Cl. The highest BCUT2D eigenvalue weighted by molar-refractivity contribution is 7.92. The molecule has 0 aliphatic heterocycles. The molecule has 0 aliphatic rings. The summed E-state index contributed by atoms with van der Waals surface area (Å²) in [7, 11) is -3.99. The molecule has 1 heterocycles. The Morgan fingerprint density at radius 2 is 1.71 bits per heavy atom. The first-order valence-electron chi connectivity index (χ1n) is 8.10. The van der Waals surface area contributed by atoms with E-state index in [0.717, 1.165) is 17.7 Å². The van der Waals surface area contributed by atoms with Crippen LogP contribution in [0, 0.1) is 5.82 Å². The van der Waals surface area contributed by atoms with Crippen molar-refractivity contribution in [2.75, 3.05) is 4.72 Å². The van der Waals surface area contributed by atoms with Crippen LogP contribution >= 0.6 is 11.6 Å². The summed E-state index contributed by atoms with van der Waals surface area (Å²) in [5.74, 6) is -0.997. The second kappa shape index (κ2) is 8.37. The number of nitrogens with one attached hydrogen (secondary N) is 2. The molecule has 0 saturated carbocycles. The number of pyridine rings is 1. The van der Waals surface area contributed by atoms with Gasteiger partial charge in [0.1, 0.15) is 5.82 Å². The van der Waals surface area contributed by atoms with Crippen molar-refractivity contribution in [3.63, 3.8) is 0 Å². The molecule has 1 aromatic heterocycles. The summed E-state index contributed by atoms with van der Waals surface area (Å²) in [5.41, 5.74) is 1.05. The molecule has 28 heavy (non-hydrogen) atoms. The van der Waals surface area contributed by atoms with E-state index in [1.165, 1.54) is 30.3 Å². The lowest BCUT2D eigenvalue weighted by Crippen LogP contribution is -2.23. The average molecular weight is 420 g/mol. The Morgan fingerprint density at radius 3 is 2.39 bits per heavy atom. The van der Waals surface area contributed by atoms with Gasteiger partial charge in [0.15, 0.2) is 0 Å². The molecule has 0 aliphatic carbocycles. The van der Waals surface area contributed by atoms with Crippen LogP contribution < -0.4 is 10.0 Å². The number of aromatic nitrogens is 1. The summed E-state index contributed by atoms with van der Waals surface area (Å²) in [4.78, 5) is 16.2. The molecule has 0 unspecified atom stereocenters. The minimum Gasteiger partial charge on any atom is -0.348 e. The summed E-state index contributed by atoms with van der Waals surface area (Å²) < 4.78 is 40.4. The van der Waals surface area contributed by atoms with Crippen LogP contribution in [-0.2, 0) is 16.6 Å². The van der Waals surface area contributed by atoms with Gasteiger partial charge < -0.3 is 5.32 Å². The van der Waals surface area contributed by atoms with E-state index < -0.39 is 21.7 Å². The van der Waals surface area contributed by atoms with Crippen molar-refractivity contribution >= 4 is 33.2 Å². The van der Waals surface area contributed by atoms with E-state index >= 15 is 0 Å². The van der Waals surface area contributed by atoms with Crippen LogP contribution in [0.25, 0.3) is 0 Å². The number of sulfonamides is 1. The van der Waals surface area contributed by atoms with Crippen LogP contribution in [0.15, 0.2) is 71.9 Å². The van der Waals surface area contributed by atoms with Crippen molar-refractivity contribution in [3.05, 3.63) is 89.0 Å². The maximum atomic E-state index is 13.0. The number of rotatable bonds is 6. The Hall–Kier alpha value is -2.97. The van der Waals surface area contributed by atoms with Crippen molar-refractivity contribution < 1.29 is 17.6 Å². The third-order valence-corrected chi connectivity index (χ3v) is 5.50. The number of nitrogens with zero attached hydrogens (tertiary/aromatic N) is 1. The van der Waals surface area contributed by atoms with Crippen LogP contribution in [0.4, 0.5) is 10.1 Å². The van der Waals surface area contributed by atoms with Crippen LogP contribution in [0.5, 0.6) is 0 Å². The molecule has 3 rings (SSSR count). The Labute approximate surface area is 166 Å². The first-order chi connectivity index (χ1) is 13.3. The number of hydrogen-bond donors (Lipinski definition) is 2. The van der Waals surface area contributed by atoms with Crippen molar-refractivity contribution in [2.24, 2.45) is 0 Å². The second-order valence-corrected chi connectivity index (χ2v) is 7.88. The standard InChI is InChI=1S/C19H15ClFN3O3S/c20-18-6-5-16(28(26,27)24-15-3-1-14(21)2-4-15)11-17(18)19(25)23-12-13-7-9-22-10-8-13/h1-11,24H,12H2,(H,23,25). The lowest BCUT2D eigenvalue weighted by molar-refractivity contribution is 0.0951. The highest BCUT2D eigenvalue weighted by Crippen LogP contribution is 2.23.